The average Bonchev–Trinajstić information content (AvgIpc) is 2.40. The van der Waals surface area contributed by atoms with Crippen LogP contribution in [-0.4, -0.2) is 39.0 Å². The van der Waals surface area contributed by atoms with Gasteiger partial charge in [0.05, 0.1) is 11.0 Å². The van der Waals surface area contributed by atoms with Gasteiger partial charge < -0.3 is 4.74 Å². The standard InChI is InChI=1S/C13H18ClNO3S/c1-15(10-12-4-2-3-9-18-12)19(16,17)13-7-5-11(14)6-8-13/h5-8,12H,2-4,9-10H2,1H3. The lowest BCUT2D eigenvalue weighted by Crippen LogP contribution is -2.37. The Balaban J connectivity index is 2.07. The molecule has 0 N–H and O–H groups in total. The van der Waals surface area contributed by atoms with E-state index in [0.717, 1.165) is 25.9 Å². The lowest BCUT2D eigenvalue weighted by atomic mass is 10.1. The first-order valence-corrected chi connectivity index (χ1v) is 8.15. The Bertz CT molecular complexity index is 509. The zero-order valence-corrected chi connectivity index (χ0v) is 12.5. The summed E-state index contributed by atoms with van der Waals surface area (Å²) in [6.45, 7) is 1.12. The molecule has 4 nitrogen and oxygen atoms in total. The summed E-state index contributed by atoms with van der Waals surface area (Å²) < 4.78 is 31.6. The molecule has 0 bridgehead atoms. The number of halogens is 1. The molecule has 106 valence electrons. The van der Waals surface area contributed by atoms with Gasteiger partial charge in [-0.05, 0) is 43.5 Å². The van der Waals surface area contributed by atoms with E-state index in [-0.39, 0.29) is 11.0 Å². The minimum Gasteiger partial charge on any atom is -0.377 e. The predicted octanol–water partition coefficient (Wildman–Crippen LogP) is 2.53. The molecule has 0 amide bonds. The van der Waals surface area contributed by atoms with Gasteiger partial charge in [-0.2, -0.15) is 4.31 Å². The van der Waals surface area contributed by atoms with E-state index in [1.165, 1.54) is 16.4 Å². The number of hydrogen-bond donors (Lipinski definition) is 0. The van der Waals surface area contributed by atoms with Crippen molar-refractivity contribution >= 4 is 21.6 Å². The first-order chi connectivity index (χ1) is 9.00. The maximum atomic E-state index is 12.3. The zero-order chi connectivity index (χ0) is 13.9. The van der Waals surface area contributed by atoms with Gasteiger partial charge in [0.25, 0.3) is 0 Å². The first kappa shape index (κ1) is 14.8. The van der Waals surface area contributed by atoms with Crippen molar-refractivity contribution in [3.8, 4) is 0 Å². The number of sulfonamides is 1. The molecule has 2 rings (SSSR count). The molecule has 1 heterocycles. The van der Waals surface area contributed by atoms with Crippen LogP contribution < -0.4 is 0 Å². The van der Waals surface area contributed by atoms with Gasteiger partial charge >= 0.3 is 0 Å². The fraction of sp³-hybridized carbons (Fsp3) is 0.538. The van der Waals surface area contributed by atoms with Crippen molar-refractivity contribution in [2.24, 2.45) is 0 Å². The highest BCUT2D eigenvalue weighted by Gasteiger charge is 2.25. The van der Waals surface area contributed by atoms with Crippen LogP contribution in [0.25, 0.3) is 0 Å². The molecule has 0 aromatic heterocycles. The van der Waals surface area contributed by atoms with Crippen molar-refractivity contribution in [3.05, 3.63) is 29.3 Å². The molecule has 1 saturated heterocycles. The molecule has 1 atom stereocenters. The van der Waals surface area contributed by atoms with Crippen LogP contribution in [-0.2, 0) is 14.8 Å². The zero-order valence-electron chi connectivity index (χ0n) is 10.9. The highest BCUT2D eigenvalue weighted by Crippen LogP contribution is 2.20. The number of likely N-dealkylation sites (N-methyl/N-ethyl adjacent to an activating group) is 1. The van der Waals surface area contributed by atoms with Crippen molar-refractivity contribution < 1.29 is 13.2 Å². The van der Waals surface area contributed by atoms with Crippen molar-refractivity contribution in [3.63, 3.8) is 0 Å². The van der Waals surface area contributed by atoms with Gasteiger partial charge in [-0.1, -0.05) is 11.6 Å². The van der Waals surface area contributed by atoms with Gasteiger partial charge in [-0.3, -0.25) is 0 Å². The lowest BCUT2D eigenvalue weighted by Gasteiger charge is -2.27. The van der Waals surface area contributed by atoms with Crippen molar-refractivity contribution in [1.29, 1.82) is 0 Å². The quantitative estimate of drug-likeness (QED) is 0.858. The van der Waals surface area contributed by atoms with Gasteiger partial charge in [0.2, 0.25) is 10.0 Å². The van der Waals surface area contributed by atoms with Crippen molar-refractivity contribution in [2.45, 2.75) is 30.3 Å². The number of hydrogen-bond acceptors (Lipinski definition) is 3. The minimum atomic E-state index is -3.46. The Hall–Kier alpha value is -0.620. The predicted molar refractivity (Wildman–Crippen MR) is 74.9 cm³/mol. The molecule has 1 aromatic rings. The largest absolute Gasteiger partial charge is 0.377 e. The molecule has 1 unspecified atom stereocenters. The van der Waals surface area contributed by atoms with Crippen molar-refractivity contribution in [2.75, 3.05) is 20.2 Å². The van der Waals surface area contributed by atoms with Crippen molar-refractivity contribution in [1.82, 2.24) is 4.31 Å². The van der Waals surface area contributed by atoms with Crippen LogP contribution in [0.4, 0.5) is 0 Å². The fourth-order valence-electron chi connectivity index (χ4n) is 2.12. The molecular formula is C13H18ClNO3S. The Morgan fingerprint density at radius 2 is 2.00 bits per heavy atom. The summed E-state index contributed by atoms with van der Waals surface area (Å²) in [6, 6.07) is 6.21. The van der Waals surface area contributed by atoms with E-state index in [1.54, 1.807) is 19.2 Å². The minimum absolute atomic E-state index is 0.000764. The van der Waals surface area contributed by atoms with E-state index in [4.69, 9.17) is 16.3 Å². The SMILES string of the molecule is CN(CC1CCCCO1)S(=O)(=O)c1ccc(Cl)cc1. The maximum absolute atomic E-state index is 12.3. The highest BCUT2D eigenvalue weighted by atomic mass is 35.5. The van der Waals surface area contributed by atoms with Gasteiger partial charge in [0, 0.05) is 25.2 Å². The van der Waals surface area contributed by atoms with Gasteiger partial charge in [-0.15, -0.1) is 0 Å². The Morgan fingerprint density at radius 3 is 2.58 bits per heavy atom. The Kier molecular flexibility index (Phi) is 4.84. The molecule has 0 radical (unpaired) electrons. The highest BCUT2D eigenvalue weighted by molar-refractivity contribution is 7.89. The van der Waals surface area contributed by atoms with Crippen LogP contribution in [0.3, 0.4) is 0 Å². The molecule has 1 aromatic carbocycles. The molecule has 6 heteroatoms. The number of nitrogens with zero attached hydrogens (tertiary/aromatic N) is 1. The first-order valence-electron chi connectivity index (χ1n) is 6.33. The molecule has 0 saturated carbocycles. The topological polar surface area (TPSA) is 46.6 Å². The Labute approximate surface area is 119 Å². The van der Waals surface area contributed by atoms with E-state index < -0.39 is 10.0 Å². The van der Waals surface area contributed by atoms with Gasteiger partial charge in [0.15, 0.2) is 0 Å². The lowest BCUT2D eigenvalue weighted by molar-refractivity contribution is 0.00858. The van der Waals surface area contributed by atoms with Crippen LogP contribution in [0, 0.1) is 0 Å². The van der Waals surface area contributed by atoms with E-state index in [1.807, 2.05) is 0 Å². The van der Waals surface area contributed by atoms with Crippen LogP contribution in [0.5, 0.6) is 0 Å². The molecule has 1 fully saturated rings. The van der Waals surface area contributed by atoms with Crippen LogP contribution in [0.15, 0.2) is 29.2 Å². The molecule has 19 heavy (non-hydrogen) atoms. The summed E-state index contributed by atoms with van der Waals surface area (Å²) in [5.41, 5.74) is 0. The average molecular weight is 304 g/mol. The molecular weight excluding hydrogens is 286 g/mol. The summed E-state index contributed by atoms with van der Waals surface area (Å²) in [5.74, 6) is 0. The van der Waals surface area contributed by atoms with Gasteiger partial charge in [0.1, 0.15) is 0 Å². The number of rotatable bonds is 4. The van der Waals surface area contributed by atoms with Crippen LogP contribution in [0.2, 0.25) is 5.02 Å². The monoisotopic (exact) mass is 303 g/mol. The van der Waals surface area contributed by atoms with E-state index in [2.05, 4.69) is 0 Å². The second-order valence-corrected chi connectivity index (χ2v) is 7.21. The normalized spacial score (nSPS) is 20.7. The second kappa shape index (κ2) is 6.22. The third kappa shape index (κ3) is 3.69. The number of benzene rings is 1. The molecule has 1 aliphatic heterocycles. The van der Waals surface area contributed by atoms with Crippen LogP contribution in [0.1, 0.15) is 19.3 Å². The van der Waals surface area contributed by atoms with E-state index in [0.29, 0.717) is 11.6 Å². The second-order valence-electron chi connectivity index (χ2n) is 4.73. The maximum Gasteiger partial charge on any atom is 0.242 e. The molecule has 0 spiro atoms. The fourth-order valence-corrected chi connectivity index (χ4v) is 3.45. The summed E-state index contributed by atoms with van der Waals surface area (Å²) >= 11 is 5.77. The summed E-state index contributed by atoms with van der Waals surface area (Å²) in [7, 11) is -1.88. The summed E-state index contributed by atoms with van der Waals surface area (Å²) in [5, 5.41) is 0.525. The Morgan fingerprint density at radius 1 is 1.32 bits per heavy atom. The third-order valence-corrected chi connectivity index (χ3v) is 5.35. The van der Waals surface area contributed by atoms with Gasteiger partial charge in [-0.25, -0.2) is 8.42 Å². The number of ether oxygens (including phenoxy) is 1. The third-order valence-electron chi connectivity index (χ3n) is 3.26. The smallest absolute Gasteiger partial charge is 0.242 e. The van der Waals surface area contributed by atoms with E-state index >= 15 is 0 Å². The molecule has 1 aliphatic rings. The van der Waals surface area contributed by atoms with E-state index in [9.17, 15) is 8.42 Å². The summed E-state index contributed by atoms with van der Waals surface area (Å²) in [4.78, 5) is 0.259. The summed E-state index contributed by atoms with van der Waals surface area (Å²) in [6.07, 6.45) is 3.07. The molecule has 0 aliphatic carbocycles. The van der Waals surface area contributed by atoms with Crippen LogP contribution >= 0.6 is 11.6 Å².